The fourth-order valence-corrected chi connectivity index (χ4v) is 5.61. The maximum Gasteiger partial charge on any atom is 0.410 e. The van der Waals surface area contributed by atoms with Crippen LogP contribution in [-0.4, -0.2) is 83.5 Å². The number of aliphatic hydroxyl groups is 1. The number of nitrogens with zero attached hydrogens (tertiary/aromatic N) is 8. The molecule has 0 radical (unpaired) electrons. The molecule has 1 fully saturated rings. The van der Waals surface area contributed by atoms with Crippen LogP contribution in [0.25, 0.3) is 16.7 Å². The molecule has 1 atom stereocenters. The zero-order chi connectivity index (χ0) is 31.9. The van der Waals surface area contributed by atoms with E-state index in [4.69, 9.17) is 26.1 Å². The van der Waals surface area contributed by atoms with Gasteiger partial charge in [-0.25, -0.2) is 33.6 Å². The quantitative estimate of drug-likeness (QED) is 0.229. The zero-order valence-corrected chi connectivity index (χ0v) is 26.8. The van der Waals surface area contributed by atoms with Gasteiger partial charge < -0.3 is 24.8 Å². The van der Waals surface area contributed by atoms with E-state index in [0.29, 0.717) is 52.4 Å². The highest BCUT2D eigenvalue weighted by molar-refractivity contribution is 9.10. The Morgan fingerprint density at radius 2 is 2.00 bits per heavy atom. The van der Waals surface area contributed by atoms with Crippen LogP contribution in [-0.2, 0) is 4.74 Å². The maximum atomic E-state index is 15.4. The average molecular weight is 701 g/mol. The number of carbonyl (C=O) groups is 1. The first-order valence-electron chi connectivity index (χ1n) is 13.9. The lowest BCUT2D eigenvalue weighted by Gasteiger charge is -2.41. The largest absolute Gasteiger partial charge is 0.455 e. The van der Waals surface area contributed by atoms with Crippen LogP contribution in [0.4, 0.5) is 26.5 Å². The minimum absolute atomic E-state index is 0.0536. The lowest BCUT2D eigenvalue weighted by molar-refractivity contribution is 0.00698. The van der Waals surface area contributed by atoms with E-state index in [1.165, 1.54) is 29.7 Å². The second-order valence-corrected chi connectivity index (χ2v) is 12.5. The first-order valence-corrected chi connectivity index (χ1v) is 15.1. The number of benzene rings is 1. The third-order valence-corrected chi connectivity index (χ3v) is 7.80. The van der Waals surface area contributed by atoms with E-state index in [2.05, 4.69) is 41.3 Å². The molecule has 4 aromatic heterocycles. The van der Waals surface area contributed by atoms with E-state index in [1.807, 2.05) is 4.90 Å². The first-order chi connectivity index (χ1) is 21.5. The van der Waals surface area contributed by atoms with Gasteiger partial charge in [-0.15, -0.1) is 0 Å². The van der Waals surface area contributed by atoms with Gasteiger partial charge in [-0.05, 0) is 54.9 Å². The van der Waals surface area contributed by atoms with Crippen molar-refractivity contribution in [2.45, 2.75) is 32.4 Å². The summed E-state index contributed by atoms with van der Waals surface area (Å²) in [5.74, 6) is 0.697. The average Bonchev–Trinajstić information content (AvgIpc) is 3.46. The van der Waals surface area contributed by atoms with Crippen LogP contribution in [0.1, 0.15) is 20.8 Å². The molecule has 1 saturated heterocycles. The molecule has 5 heterocycles. The Morgan fingerprint density at radius 3 is 2.78 bits per heavy atom. The van der Waals surface area contributed by atoms with Crippen molar-refractivity contribution < 1.29 is 23.8 Å². The maximum absolute atomic E-state index is 15.4. The summed E-state index contributed by atoms with van der Waals surface area (Å²) in [6.07, 6.45) is 3.94. The number of halogens is 3. The van der Waals surface area contributed by atoms with Gasteiger partial charge in [0.1, 0.15) is 46.9 Å². The Morgan fingerprint density at radius 1 is 1.18 bits per heavy atom. The van der Waals surface area contributed by atoms with Crippen LogP contribution in [0, 0.1) is 5.82 Å². The van der Waals surface area contributed by atoms with Crippen molar-refractivity contribution in [3.05, 3.63) is 64.5 Å². The van der Waals surface area contributed by atoms with Gasteiger partial charge in [-0.2, -0.15) is 5.10 Å². The number of hydrogen-bond acceptors (Lipinski definition) is 11. The summed E-state index contributed by atoms with van der Waals surface area (Å²) < 4.78 is 28.9. The molecule has 0 bridgehead atoms. The number of aromatic nitrogens is 6. The molecule has 1 amide bonds. The molecular weight excluding hydrogens is 673 g/mol. The van der Waals surface area contributed by atoms with Gasteiger partial charge in [-0.3, -0.25) is 4.90 Å². The van der Waals surface area contributed by atoms with E-state index in [0.717, 1.165) is 0 Å². The van der Waals surface area contributed by atoms with Crippen LogP contribution in [0.5, 0.6) is 11.5 Å². The minimum Gasteiger partial charge on any atom is -0.455 e. The van der Waals surface area contributed by atoms with Crippen LogP contribution < -0.4 is 15.0 Å². The van der Waals surface area contributed by atoms with Crippen LogP contribution in [0.15, 0.2) is 53.7 Å². The topological polar surface area (TPSA) is 143 Å². The fourth-order valence-electron chi connectivity index (χ4n) is 4.85. The minimum atomic E-state index is -0.662. The zero-order valence-electron chi connectivity index (χ0n) is 24.4. The number of amides is 1. The van der Waals surface area contributed by atoms with Crippen molar-refractivity contribution in [3.63, 3.8) is 0 Å². The molecule has 234 valence electrons. The normalized spacial score (nSPS) is 15.5. The van der Waals surface area contributed by atoms with Crippen molar-refractivity contribution in [1.82, 2.24) is 34.4 Å². The Kier molecular flexibility index (Phi) is 8.33. The van der Waals surface area contributed by atoms with Crippen molar-refractivity contribution in [3.8, 4) is 11.5 Å². The molecule has 1 aliphatic rings. The van der Waals surface area contributed by atoms with E-state index in [9.17, 15) is 9.90 Å². The molecule has 16 heteroatoms. The number of fused-ring (bicyclic) bond motifs is 2. The lowest BCUT2D eigenvalue weighted by Crippen LogP contribution is -2.57. The Balaban J connectivity index is 1.25. The summed E-state index contributed by atoms with van der Waals surface area (Å²) in [7, 11) is 0. The SMILES string of the molecule is CC(C)(C)OC(=O)N1CCN(c2nc3c(Nc4cc(Cl)c(Oc5ccn6ncnc6c5)cc4F)ncnc3cc2Br)C[C@H]1CO. The molecule has 2 N–H and O–H groups in total. The summed E-state index contributed by atoms with van der Waals surface area (Å²) in [5.41, 5.74) is 0.838. The Bertz CT molecular complexity index is 1900. The molecule has 0 unspecified atom stereocenters. The second-order valence-electron chi connectivity index (χ2n) is 11.3. The van der Waals surface area contributed by atoms with Gasteiger partial charge in [0.15, 0.2) is 11.5 Å². The van der Waals surface area contributed by atoms with E-state index >= 15 is 4.39 Å². The predicted octanol–water partition coefficient (Wildman–Crippen LogP) is 5.58. The summed E-state index contributed by atoms with van der Waals surface area (Å²) in [6.45, 7) is 6.17. The Labute approximate surface area is 270 Å². The number of nitrogens with one attached hydrogen (secondary N) is 1. The third-order valence-electron chi connectivity index (χ3n) is 6.92. The molecule has 0 saturated carbocycles. The van der Waals surface area contributed by atoms with Gasteiger partial charge >= 0.3 is 6.09 Å². The summed E-state index contributed by atoms with van der Waals surface area (Å²) in [6, 6.07) is 7.16. The fraction of sp³-hybridized carbons (Fsp3) is 0.310. The number of aliphatic hydroxyl groups excluding tert-OH is 1. The smallest absolute Gasteiger partial charge is 0.410 e. The van der Waals surface area contributed by atoms with E-state index in [-0.39, 0.29) is 28.9 Å². The monoisotopic (exact) mass is 699 g/mol. The lowest BCUT2D eigenvalue weighted by atomic mass is 10.1. The molecular formula is C29H28BrClFN9O4. The summed E-state index contributed by atoms with van der Waals surface area (Å²) >= 11 is 10.1. The van der Waals surface area contributed by atoms with Gasteiger partial charge in [0.25, 0.3) is 0 Å². The number of anilines is 3. The number of piperazine rings is 1. The number of hydrogen-bond donors (Lipinski definition) is 2. The molecule has 0 aliphatic carbocycles. The van der Waals surface area contributed by atoms with Gasteiger partial charge in [0, 0.05) is 38.0 Å². The van der Waals surface area contributed by atoms with Crippen LogP contribution in [0.2, 0.25) is 5.02 Å². The molecule has 1 aliphatic heterocycles. The number of pyridine rings is 2. The molecule has 0 spiro atoms. The van der Waals surface area contributed by atoms with E-state index < -0.39 is 23.6 Å². The second kappa shape index (κ2) is 12.2. The van der Waals surface area contributed by atoms with Crippen molar-refractivity contribution >= 4 is 67.6 Å². The molecule has 45 heavy (non-hydrogen) atoms. The number of carbonyl (C=O) groups excluding carboxylic acids is 1. The number of rotatable bonds is 6. The standard InChI is InChI=1S/C29H28BrClFN9O4/c1-29(2,3)45-28(43)40-7-6-39(12-16(40)13-42)27-18(30)9-22-25(38-27)26(35-14-33-22)37-21-10-19(31)23(11-20(21)32)44-17-4-5-41-24(8-17)34-15-36-41/h4-5,8-11,14-16,42H,6-7,12-13H2,1-3H3,(H,33,35,37)/t16-/m0/s1. The van der Waals surface area contributed by atoms with Crippen molar-refractivity contribution in [1.29, 1.82) is 0 Å². The summed E-state index contributed by atoms with van der Waals surface area (Å²) in [5, 5.41) is 17.3. The molecule has 5 aromatic rings. The molecule has 6 rings (SSSR count). The summed E-state index contributed by atoms with van der Waals surface area (Å²) in [4.78, 5) is 33.8. The van der Waals surface area contributed by atoms with Crippen LogP contribution in [0.3, 0.4) is 0 Å². The van der Waals surface area contributed by atoms with E-state index in [1.54, 1.807) is 49.7 Å². The predicted molar refractivity (Wildman–Crippen MR) is 169 cm³/mol. The van der Waals surface area contributed by atoms with Gasteiger partial charge in [0.05, 0.1) is 33.3 Å². The van der Waals surface area contributed by atoms with Gasteiger partial charge in [-0.1, -0.05) is 11.6 Å². The first kappa shape index (κ1) is 30.7. The third kappa shape index (κ3) is 6.55. The van der Waals surface area contributed by atoms with Gasteiger partial charge in [0.2, 0.25) is 0 Å². The molecule has 1 aromatic carbocycles. The van der Waals surface area contributed by atoms with Crippen LogP contribution >= 0.6 is 27.5 Å². The number of ether oxygens (including phenoxy) is 2. The highest BCUT2D eigenvalue weighted by Gasteiger charge is 2.34. The Hall–Kier alpha value is -4.34. The molecule has 13 nitrogen and oxygen atoms in total. The van der Waals surface area contributed by atoms with Crippen molar-refractivity contribution in [2.24, 2.45) is 0 Å². The van der Waals surface area contributed by atoms with Crippen molar-refractivity contribution in [2.75, 3.05) is 36.5 Å². The highest BCUT2D eigenvalue weighted by atomic mass is 79.9. The highest BCUT2D eigenvalue weighted by Crippen LogP contribution is 2.37.